The SMILES string of the molecule is CCOc1ccc(Br)cc1/C=C1/SC(=O)N(CC(=O)Nc2ccccc2N2CCOCC2)C1=O. The molecule has 2 fully saturated rings. The lowest BCUT2D eigenvalue weighted by Gasteiger charge is -2.30. The number of thioether (sulfide) groups is 1. The Bertz CT molecular complexity index is 1130. The Labute approximate surface area is 210 Å². The maximum atomic E-state index is 12.9. The zero-order chi connectivity index (χ0) is 24.1. The van der Waals surface area contributed by atoms with Crippen molar-refractivity contribution in [2.75, 3.05) is 49.7 Å². The van der Waals surface area contributed by atoms with E-state index in [0.717, 1.165) is 39.9 Å². The maximum Gasteiger partial charge on any atom is 0.294 e. The molecule has 0 aromatic heterocycles. The summed E-state index contributed by atoms with van der Waals surface area (Å²) in [5.41, 5.74) is 2.18. The van der Waals surface area contributed by atoms with Crippen LogP contribution in [0.1, 0.15) is 12.5 Å². The van der Waals surface area contributed by atoms with E-state index < -0.39 is 17.1 Å². The number of nitrogens with zero attached hydrogens (tertiary/aromatic N) is 2. The van der Waals surface area contributed by atoms with Gasteiger partial charge in [-0.25, -0.2) is 0 Å². The molecule has 0 bridgehead atoms. The summed E-state index contributed by atoms with van der Waals surface area (Å²) in [7, 11) is 0. The highest BCUT2D eigenvalue weighted by molar-refractivity contribution is 9.10. The molecule has 2 aromatic rings. The minimum Gasteiger partial charge on any atom is -0.493 e. The molecule has 34 heavy (non-hydrogen) atoms. The third-order valence-electron chi connectivity index (χ3n) is 5.26. The topological polar surface area (TPSA) is 88.2 Å². The van der Waals surface area contributed by atoms with Gasteiger partial charge in [-0.15, -0.1) is 0 Å². The first-order valence-electron chi connectivity index (χ1n) is 10.9. The van der Waals surface area contributed by atoms with Gasteiger partial charge in [-0.05, 0) is 55.1 Å². The second-order valence-corrected chi connectivity index (χ2v) is 9.46. The molecule has 0 radical (unpaired) electrons. The molecule has 0 saturated carbocycles. The molecule has 2 saturated heterocycles. The summed E-state index contributed by atoms with van der Waals surface area (Å²) < 4.78 is 11.8. The normalized spacial score (nSPS) is 17.4. The summed E-state index contributed by atoms with van der Waals surface area (Å²) in [5.74, 6) is -0.342. The van der Waals surface area contributed by atoms with Crippen LogP contribution >= 0.6 is 27.7 Å². The number of para-hydroxylation sites is 2. The van der Waals surface area contributed by atoms with Crippen molar-refractivity contribution in [2.24, 2.45) is 0 Å². The Morgan fingerprint density at radius 1 is 1.21 bits per heavy atom. The average molecular weight is 546 g/mol. The van der Waals surface area contributed by atoms with Crippen molar-refractivity contribution in [2.45, 2.75) is 6.92 Å². The molecule has 2 aliphatic rings. The lowest BCUT2D eigenvalue weighted by molar-refractivity contribution is -0.127. The summed E-state index contributed by atoms with van der Waals surface area (Å²) >= 11 is 4.23. The van der Waals surface area contributed by atoms with Gasteiger partial charge in [0.05, 0.1) is 36.1 Å². The number of halogens is 1. The van der Waals surface area contributed by atoms with E-state index in [9.17, 15) is 14.4 Å². The lowest BCUT2D eigenvalue weighted by atomic mass is 10.2. The summed E-state index contributed by atoms with van der Waals surface area (Å²) in [6.45, 7) is 4.66. The minimum atomic E-state index is -0.506. The van der Waals surface area contributed by atoms with Crippen LogP contribution in [0.4, 0.5) is 16.2 Å². The molecule has 0 spiro atoms. The van der Waals surface area contributed by atoms with Crippen LogP contribution in [0.5, 0.6) is 5.75 Å². The van der Waals surface area contributed by atoms with E-state index in [1.165, 1.54) is 0 Å². The molecule has 2 heterocycles. The van der Waals surface area contributed by atoms with Gasteiger partial charge in [0.1, 0.15) is 12.3 Å². The largest absolute Gasteiger partial charge is 0.493 e. The highest BCUT2D eigenvalue weighted by Crippen LogP contribution is 2.35. The minimum absolute atomic E-state index is 0.241. The van der Waals surface area contributed by atoms with Crippen LogP contribution in [-0.2, 0) is 14.3 Å². The standard InChI is InChI=1S/C24H24BrN3O5S/c1-2-33-20-8-7-17(25)13-16(20)14-21-23(30)28(24(31)34-21)15-22(29)26-18-5-3-4-6-19(18)27-9-11-32-12-10-27/h3-8,13-14H,2,9-12,15H2,1H3,(H,26,29)/b21-14+. The Hall–Kier alpha value is -2.82. The molecule has 4 rings (SSSR count). The summed E-state index contributed by atoms with van der Waals surface area (Å²) in [6.07, 6.45) is 1.62. The third-order valence-corrected chi connectivity index (χ3v) is 6.66. The molecular formula is C24H24BrN3O5S. The summed E-state index contributed by atoms with van der Waals surface area (Å²) in [4.78, 5) is 41.6. The number of benzene rings is 2. The van der Waals surface area contributed by atoms with Crippen LogP contribution in [0.3, 0.4) is 0 Å². The van der Waals surface area contributed by atoms with Crippen molar-refractivity contribution >= 4 is 62.2 Å². The van der Waals surface area contributed by atoms with E-state index in [1.807, 2.05) is 37.3 Å². The van der Waals surface area contributed by atoms with E-state index in [-0.39, 0.29) is 11.4 Å². The zero-order valence-electron chi connectivity index (χ0n) is 18.6. The number of amides is 3. The molecule has 0 aliphatic carbocycles. The number of morpholine rings is 1. The van der Waals surface area contributed by atoms with Crippen LogP contribution in [0.2, 0.25) is 0 Å². The van der Waals surface area contributed by atoms with Crippen LogP contribution in [0.25, 0.3) is 6.08 Å². The fourth-order valence-corrected chi connectivity index (χ4v) is 4.90. The molecule has 3 amide bonds. The zero-order valence-corrected chi connectivity index (χ0v) is 21.0. The van der Waals surface area contributed by atoms with Crippen LogP contribution < -0.4 is 15.0 Å². The first-order chi connectivity index (χ1) is 16.5. The van der Waals surface area contributed by atoms with Gasteiger partial charge in [-0.1, -0.05) is 28.1 Å². The van der Waals surface area contributed by atoms with Crippen LogP contribution in [0.15, 0.2) is 51.8 Å². The second kappa shape index (κ2) is 11.1. The first-order valence-corrected chi connectivity index (χ1v) is 12.5. The molecule has 10 heteroatoms. The molecule has 2 aliphatic heterocycles. The van der Waals surface area contributed by atoms with E-state index in [0.29, 0.717) is 36.8 Å². The quantitative estimate of drug-likeness (QED) is 0.517. The molecule has 0 unspecified atom stereocenters. The maximum absolute atomic E-state index is 12.9. The van der Waals surface area contributed by atoms with Crippen molar-refractivity contribution < 1.29 is 23.9 Å². The number of hydrogen-bond donors (Lipinski definition) is 1. The second-order valence-electron chi connectivity index (χ2n) is 7.55. The molecule has 0 atom stereocenters. The van der Waals surface area contributed by atoms with E-state index in [2.05, 4.69) is 26.1 Å². The smallest absolute Gasteiger partial charge is 0.294 e. The Morgan fingerprint density at radius 3 is 2.74 bits per heavy atom. The number of carbonyl (C=O) groups excluding carboxylic acids is 3. The van der Waals surface area contributed by atoms with Gasteiger partial charge in [-0.3, -0.25) is 19.3 Å². The number of hydrogen-bond acceptors (Lipinski definition) is 7. The van der Waals surface area contributed by atoms with Gasteiger partial charge in [0.2, 0.25) is 5.91 Å². The van der Waals surface area contributed by atoms with Crippen molar-refractivity contribution in [1.82, 2.24) is 4.90 Å². The number of imide groups is 1. The Morgan fingerprint density at radius 2 is 1.97 bits per heavy atom. The van der Waals surface area contributed by atoms with Gasteiger partial charge >= 0.3 is 0 Å². The summed E-state index contributed by atoms with van der Waals surface area (Å²) in [6, 6.07) is 12.9. The molecule has 178 valence electrons. The third kappa shape index (κ3) is 5.63. The fourth-order valence-electron chi connectivity index (χ4n) is 3.69. The van der Waals surface area contributed by atoms with Gasteiger partial charge in [0.25, 0.3) is 11.1 Å². The summed E-state index contributed by atoms with van der Waals surface area (Å²) in [5, 5.41) is 2.37. The Kier molecular flexibility index (Phi) is 7.91. The predicted molar refractivity (Wildman–Crippen MR) is 136 cm³/mol. The highest BCUT2D eigenvalue weighted by Gasteiger charge is 2.36. The van der Waals surface area contributed by atoms with Crippen molar-refractivity contribution in [1.29, 1.82) is 0 Å². The molecule has 8 nitrogen and oxygen atoms in total. The number of carbonyl (C=O) groups is 3. The number of anilines is 2. The average Bonchev–Trinajstić information content (AvgIpc) is 3.09. The van der Waals surface area contributed by atoms with E-state index >= 15 is 0 Å². The predicted octanol–water partition coefficient (Wildman–Crippen LogP) is 4.36. The van der Waals surface area contributed by atoms with Crippen molar-refractivity contribution in [3.63, 3.8) is 0 Å². The van der Waals surface area contributed by atoms with Gasteiger partial charge in [0, 0.05) is 23.1 Å². The van der Waals surface area contributed by atoms with Gasteiger partial charge in [0.15, 0.2) is 0 Å². The highest BCUT2D eigenvalue weighted by atomic mass is 79.9. The first kappa shape index (κ1) is 24.3. The number of ether oxygens (including phenoxy) is 2. The van der Waals surface area contributed by atoms with Crippen molar-refractivity contribution in [3.05, 3.63) is 57.4 Å². The van der Waals surface area contributed by atoms with Crippen LogP contribution in [-0.4, -0.2) is 61.4 Å². The molecule has 2 aromatic carbocycles. The number of nitrogens with one attached hydrogen (secondary N) is 1. The van der Waals surface area contributed by atoms with E-state index in [1.54, 1.807) is 18.2 Å². The van der Waals surface area contributed by atoms with Gasteiger partial charge < -0.3 is 19.7 Å². The van der Waals surface area contributed by atoms with E-state index in [4.69, 9.17) is 9.47 Å². The van der Waals surface area contributed by atoms with Crippen molar-refractivity contribution in [3.8, 4) is 5.75 Å². The lowest BCUT2D eigenvalue weighted by Crippen LogP contribution is -2.38. The number of rotatable bonds is 7. The van der Waals surface area contributed by atoms with Gasteiger partial charge in [-0.2, -0.15) is 0 Å². The van der Waals surface area contributed by atoms with Crippen LogP contribution in [0, 0.1) is 0 Å². The fraction of sp³-hybridized carbons (Fsp3) is 0.292. The monoisotopic (exact) mass is 545 g/mol. The molecule has 1 N–H and O–H groups in total. The molecular weight excluding hydrogens is 522 g/mol. The Balaban J connectivity index is 1.47.